The summed E-state index contributed by atoms with van der Waals surface area (Å²) in [5.41, 5.74) is 2.40. The van der Waals surface area contributed by atoms with Crippen molar-refractivity contribution in [2.24, 2.45) is 0 Å². The van der Waals surface area contributed by atoms with Crippen LogP contribution in [0.5, 0.6) is 5.75 Å². The van der Waals surface area contributed by atoms with Crippen molar-refractivity contribution in [1.29, 1.82) is 0 Å². The van der Waals surface area contributed by atoms with Gasteiger partial charge in [0, 0.05) is 54.3 Å². The van der Waals surface area contributed by atoms with Gasteiger partial charge in [0.1, 0.15) is 5.75 Å². The van der Waals surface area contributed by atoms with Crippen LogP contribution in [0, 0.1) is 0 Å². The number of fused-ring (bicyclic) bond motifs is 1. The summed E-state index contributed by atoms with van der Waals surface area (Å²) in [6.45, 7) is 8.79. The molecule has 33 heavy (non-hydrogen) atoms. The van der Waals surface area contributed by atoms with Crippen molar-refractivity contribution in [3.63, 3.8) is 0 Å². The second-order valence-corrected chi connectivity index (χ2v) is 8.89. The first-order valence-electron chi connectivity index (χ1n) is 11.5. The van der Waals surface area contributed by atoms with Crippen molar-refractivity contribution in [1.82, 2.24) is 4.90 Å². The van der Waals surface area contributed by atoms with E-state index in [4.69, 9.17) is 39.5 Å². The molecule has 1 fully saturated rings. The number of hydrogen-bond donors (Lipinski definition) is 0. The first-order chi connectivity index (χ1) is 16.1. The summed E-state index contributed by atoms with van der Waals surface area (Å²) in [6.07, 6.45) is 1.05. The summed E-state index contributed by atoms with van der Waals surface area (Å²) in [7, 11) is 0. The topological polar surface area (TPSA) is 15.7 Å². The van der Waals surface area contributed by atoms with E-state index in [1.807, 2.05) is 68.4 Å². The summed E-state index contributed by atoms with van der Waals surface area (Å²) < 4.78 is 5.79. The molecular formula is C27H31Cl3N2O. The Bertz CT molecular complexity index is 992. The zero-order valence-corrected chi connectivity index (χ0v) is 21.5. The van der Waals surface area contributed by atoms with Crippen molar-refractivity contribution >= 4 is 40.5 Å². The molecule has 0 aliphatic carbocycles. The molecule has 2 aliphatic heterocycles. The molecule has 0 spiro atoms. The van der Waals surface area contributed by atoms with Crippen molar-refractivity contribution in [2.75, 3.05) is 37.7 Å². The van der Waals surface area contributed by atoms with Gasteiger partial charge in [-0.3, -0.25) is 4.90 Å². The third-order valence-electron chi connectivity index (χ3n) is 5.67. The van der Waals surface area contributed by atoms with Crippen LogP contribution >= 0.6 is 34.8 Å². The Balaban J connectivity index is 0.000000289. The third kappa shape index (κ3) is 7.04. The molecule has 1 atom stereocenters. The monoisotopic (exact) mass is 504 g/mol. The maximum absolute atomic E-state index is 6.36. The highest BCUT2D eigenvalue weighted by molar-refractivity contribution is 6.36. The normalized spacial score (nSPS) is 17.5. The lowest BCUT2D eigenvalue weighted by molar-refractivity contribution is 0.133. The lowest BCUT2D eigenvalue weighted by atomic mass is 9.98. The average Bonchev–Trinajstić information content (AvgIpc) is 2.86. The maximum atomic E-state index is 6.36. The van der Waals surface area contributed by atoms with Crippen LogP contribution in [-0.4, -0.2) is 37.7 Å². The number of ether oxygens (including phenoxy) is 1. The fourth-order valence-electron chi connectivity index (χ4n) is 4.13. The van der Waals surface area contributed by atoms with E-state index in [-0.39, 0.29) is 0 Å². The zero-order valence-electron chi connectivity index (χ0n) is 19.2. The van der Waals surface area contributed by atoms with Gasteiger partial charge >= 0.3 is 0 Å². The Morgan fingerprint density at radius 1 is 0.758 bits per heavy atom. The Hall–Kier alpha value is -1.91. The predicted molar refractivity (Wildman–Crippen MR) is 142 cm³/mol. The standard InChI is InChI=1S/C19H20Cl2N2O.C6H5Cl.C2H6/c20-14-5-6-18(16(21)13-14)23-10-8-22(9-11-23)17-7-12-24-19-4-2-1-3-15(17)19;7-6-4-2-1-3-5-6;1-2/h1-6,13,17H,7-12H2;1-5H;1-2H3. The fraction of sp³-hybridized carbons (Fsp3) is 0.333. The number of piperazine rings is 1. The van der Waals surface area contributed by atoms with Gasteiger partial charge in [0.25, 0.3) is 0 Å². The molecule has 1 unspecified atom stereocenters. The third-order valence-corrected chi connectivity index (χ3v) is 6.46. The molecule has 0 radical (unpaired) electrons. The Morgan fingerprint density at radius 3 is 2.06 bits per heavy atom. The first-order valence-corrected chi connectivity index (χ1v) is 12.6. The van der Waals surface area contributed by atoms with Crippen LogP contribution in [0.15, 0.2) is 72.8 Å². The van der Waals surface area contributed by atoms with Gasteiger partial charge in [-0.05, 0) is 36.4 Å². The first kappa shape index (κ1) is 25.7. The van der Waals surface area contributed by atoms with E-state index >= 15 is 0 Å². The lowest BCUT2D eigenvalue weighted by Gasteiger charge is -2.42. The Morgan fingerprint density at radius 2 is 1.42 bits per heavy atom. The van der Waals surface area contributed by atoms with E-state index in [0.717, 1.165) is 60.7 Å². The van der Waals surface area contributed by atoms with E-state index in [1.165, 1.54) is 5.56 Å². The van der Waals surface area contributed by atoms with Crippen LogP contribution in [0.4, 0.5) is 5.69 Å². The molecule has 3 aromatic carbocycles. The molecule has 6 heteroatoms. The number of nitrogens with zero attached hydrogens (tertiary/aromatic N) is 2. The summed E-state index contributed by atoms with van der Waals surface area (Å²) in [5, 5.41) is 2.20. The van der Waals surface area contributed by atoms with Crippen LogP contribution in [0.25, 0.3) is 0 Å². The summed E-state index contributed by atoms with van der Waals surface area (Å²) >= 11 is 17.9. The molecule has 3 nitrogen and oxygen atoms in total. The van der Waals surface area contributed by atoms with E-state index in [2.05, 4.69) is 28.0 Å². The number of halogens is 3. The molecule has 5 rings (SSSR count). The second-order valence-electron chi connectivity index (χ2n) is 7.61. The number of anilines is 1. The van der Waals surface area contributed by atoms with E-state index in [9.17, 15) is 0 Å². The number of hydrogen-bond acceptors (Lipinski definition) is 3. The molecule has 176 valence electrons. The molecule has 0 aromatic heterocycles. The van der Waals surface area contributed by atoms with Crippen LogP contribution in [-0.2, 0) is 0 Å². The van der Waals surface area contributed by atoms with Crippen LogP contribution < -0.4 is 9.64 Å². The molecule has 0 amide bonds. The van der Waals surface area contributed by atoms with Crippen molar-refractivity contribution in [2.45, 2.75) is 26.3 Å². The Labute approximate surface area is 212 Å². The number of benzene rings is 3. The smallest absolute Gasteiger partial charge is 0.124 e. The van der Waals surface area contributed by atoms with Gasteiger partial charge in [-0.2, -0.15) is 0 Å². The van der Waals surface area contributed by atoms with Gasteiger partial charge in [0.15, 0.2) is 0 Å². The van der Waals surface area contributed by atoms with E-state index < -0.39 is 0 Å². The van der Waals surface area contributed by atoms with Crippen molar-refractivity contribution < 1.29 is 4.74 Å². The summed E-state index contributed by atoms with van der Waals surface area (Å²) in [5.74, 6) is 1.04. The quantitative estimate of drug-likeness (QED) is 0.351. The van der Waals surface area contributed by atoms with Gasteiger partial charge in [0.2, 0.25) is 0 Å². The molecule has 2 heterocycles. The molecular weight excluding hydrogens is 475 g/mol. The molecule has 0 saturated carbocycles. The minimum Gasteiger partial charge on any atom is -0.493 e. The molecule has 2 aliphatic rings. The van der Waals surface area contributed by atoms with Gasteiger partial charge in [-0.25, -0.2) is 0 Å². The molecule has 0 bridgehead atoms. The van der Waals surface area contributed by atoms with Gasteiger partial charge in [-0.1, -0.05) is 85.0 Å². The minimum absolute atomic E-state index is 0.456. The van der Waals surface area contributed by atoms with Crippen LogP contribution in [0.1, 0.15) is 31.9 Å². The van der Waals surface area contributed by atoms with Gasteiger partial charge in [-0.15, -0.1) is 0 Å². The summed E-state index contributed by atoms with van der Waals surface area (Å²) in [4.78, 5) is 4.92. The highest BCUT2D eigenvalue weighted by Crippen LogP contribution is 2.37. The predicted octanol–water partition coefficient (Wildman–Crippen LogP) is 8.01. The SMILES string of the molecule is CC.Clc1ccc(N2CCN(C3CCOc4ccccc43)CC2)c(Cl)c1.Clc1ccccc1. The fourth-order valence-corrected chi connectivity index (χ4v) is 4.80. The molecule has 3 aromatic rings. The molecule has 1 saturated heterocycles. The van der Waals surface area contributed by atoms with Crippen molar-refractivity contribution in [3.8, 4) is 5.75 Å². The summed E-state index contributed by atoms with van der Waals surface area (Å²) in [6, 6.07) is 24.1. The average molecular weight is 506 g/mol. The molecule has 0 N–H and O–H groups in total. The highest BCUT2D eigenvalue weighted by Gasteiger charge is 2.29. The van der Waals surface area contributed by atoms with Gasteiger partial charge < -0.3 is 9.64 Å². The Kier molecular flexibility index (Phi) is 10.2. The highest BCUT2D eigenvalue weighted by atomic mass is 35.5. The largest absolute Gasteiger partial charge is 0.493 e. The van der Waals surface area contributed by atoms with Gasteiger partial charge in [0.05, 0.1) is 17.3 Å². The van der Waals surface area contributed by atoms with Crippen LogP contribution in [0.3, 0.4) is 0 Å². The number of rotatable bonds is 2. The minimum atomic E-state index is 0.456. The van der Waals surface area contributed by atoms with E-state index in [1.54, 1.807) is 0 Å². The second kappa shape index (κ2) is 13.1. The zero-order chi connectivity index (χ0) is 23.6. The number of para-hydroxylation sites is 1. The van der Waals surface area contributed by atoms with Crippen LogP contribution in [0.2, 0.25) is 15.1 Å². The maximum Gasteiger partial charge on any atom is 0.124 e. The van der Waals surface area contributed by atoms with Crippen molar-refractivity contribution in [3.05, 3.63) is 93.4 Å². The van der Waals surface area contributed by atoms with E-state index in [0.29, 0.717) is 11.1 Å². The lowest BCUT2D eigenvalue weighted by Crippen LogP contribution is -2.48.